The van der Waals surface area contributed by atoms with E-state index < -0.39 is 0 Å². The minimum absolute atomic E-state index is 0.0487. The number of carbonyl (C=O) groups is 1. The van der Waals surface area contributed by atoms with Crippen molar-refractivity contribution in [2.45, 2.75) is 19.6 Å². The fourth-order valence-electron chi connectivity index (χ4n) is 2.73. The van der Waals surface area contributed by atoms with Gasteiger partial charge in [0.2, 0.25) is 5.91 Å². The Morgan fingerprint density at radius 1 is 0.962 bits per heavy atom. The third kappa shape index (κ3) is 5.48. The van der Waals surface area contributed by atoms with Crippen molar-refractivity contribution in [1.29, 1.82) is 0 Å². The van der Waals surface area contributed by atoms with Crippen molar-refractivity contribution in [3.8, 4) is 0 Å². The number of carbonyl (C=O) groups excluding carboxylic acids is 1. The molecule has 2 aromatic carbocycles. The molecule has 0 aliphatic rings. The zero-order valence-corrected chi connectivity index (χ0v) is 15.2. The van der Waals surface area contributed by atoms with Crippen LogP contribution in [0.4, 0.5) is 0 Å². The van der Waals surface area contributed by atoms with Crippen LogP contribution < -0.4 is 5.32 Å². The standard InChI is InChI=1S/C21H21ClN2O2/c22-20-11-5-4-9-18(20)13-23-21(25)16-24(15-19-10-6-12-26-19)14-17-7-2-1-3-8-17/h1-12H,13-16H2,(H,23,25). The topological polar surface area (TPSA) is 45.5 Å². The molecule has 0 aliphatic heterocycles. The summed E-state index contributed by atoms with van der Waals surface area (Å²) in [6.45, 7) is 1.93. The molecule has 0 atom stereocenters. The number of hydrogen-bond donors (Lipinski definition) is 1. The Balaban J connectivity index is 1.60. The first kappa shape index (κ1) is 18.2. The van der Waals surface area contributed by atoms with E-state index in [0.717, 1.165) is 16.9 Å². The number of halogens is 1. The van der Waals surface area contributed by atoms with Gasteiger partial charge in [0.05, 0.1) is 19.4 Å². The maximum atomic E-state index is 12.4. The van der Waals surface area contributed by atoms with Crippen molar-refractivity contribution in [1.82, 2.24) is 10.2 Å². The summed E-state index contributed by atoms with van der Waals surface area (Å²) in [5.74, 6) is 0.784. The van der Waals surface area contributed by atoms with Crippen molar-refractivity contribution in [2.24, 2.45) is 0 Å². The van der Waals surface area contributed by atoms with E-state index in [0.29, 0.717) is 24.7 Å². The van der Waals surface area contributed by atoms with Crippen LogP contribution in [0.15, 0.2) is 77.4 Å². The molecule has 1 heterocycles. The number of benzene rings is 2. The van der Waals surface area contributed by atoms with Crippen LogP contribution in [0.5, 0.6) is 0 Å². The number of nitrogens with zero attached hydrogens (tertiary/aromatic N) is 1. The highest BCUT2D eigenvalue weighted by Gasteiger charge is 2.13. The van der Waals surface area contributed by atoms with Crippen LogP contribution in [0.2, 0.25) is 5.02 Å². The molecule has 0 saturated heterocycles. The Hall–Kier alpha value is -2.56. The molecule has 0 bridgehead atoms. The molecule has 1 aromatic heterocycles. The largest absolute Gasteiger partial charge is 0.468 e. The Labute approximate surface area is 158 Å². The van der Waals surface area contributed by atoms with Crippen LogP contribution in [0.1, 0.15) is 16.9 Å². The predicted molar refractivity (Wildman–Crippen MR) is 103 cm³/mol. The SMILES string of the molecule is O=C(CN(Cc1ccccc1)Cc1ccco1)NCc1ccccc1Cl. The van der Waals surface area contributed by atoms with Crippen LogP contribution in [0, 0.1) is 0 Å². The smallest absolute Gasteiger partial charge is 0.234 e. The second-order valence-corrected chi connectivity index (χ2v) is 6.49. The highest BCUT2D eigenvalue weighted by Crippen LogP contribution is 2.14. The van der Waals surface area contributed by atoms with Gasteiger partial charge in [-0.15, -0.1) is 0 Å². The van der Waals surface area contributed by atoms with Gasteiger partial charge in [-0.3, -0.25) is 9.69 Å². The van der Waals surface area contributed by atoms with Gasteiger partial charge in [0.25, 0.3) is 0 Å². The van der Waals surface area contributed by atoms with Gasteiger partial charge in [0, 0.05) is 18.1 Å². The normalized spacial score (nSPS) is 10.8. The quantitative estimate of drug-likeness (QED) is 0.646. The van der Waals surface area contributed by atoms with E-state index in [1.54, 1.807) is 6.26 Å². The van der Waals surface area contributed by atoms with E-state index in [4.69, 9.17) is 16.0 Å². The summed E-state index contributed by atoms with van der Waals surface area (Å²) in [5, 5.41) is 3.60. The van der Waals surface area contributed by atoms with Gasteiger partial charge >= 0.3 is 0 Å². The van der Waals surface area contributed by atoms with E-state index in [-0.39, 0.29) is 12.5 Å². The number of hydrogen-bond acceptors (Lipinski definition) is 3. The minimum atomic E-state index is -0.0487. The van der Waals surface area contributed by atoms with E-state index in [1.165, 1.54) is 0 Å². The molecule has 0 fully saturated rings. The Morgan fingerprint density at radius 2 is 1.73 bits per heavy atom. The van der Waals surface area contributed by atoms with Gasteiger partial charge in [0.15, 0.2) is 0 Å². The van der Waals surface area contributed by atoms with E-state index >= 15 is 0 Å². The summed E-state index contributed by atoms with van der Waals surface area (Å²) in [5.41, 5.74) is 2.06. The van der Waals surface area contributed by atoms with Crippen molar-refractivity contribution in [2.75, 3.05) is 6.54 Å². The summed E-state index contributed by atoms with van der Waals surface area (Å²) in [6.07, 6.45) is 1.65. The lowest BCUT2D eigenvalue weighted by Gasteiger charge is -2.21. The van der Waals surface area contributed by atoms with Crippen LogP contribution >= 0.6 is 11.6 Å². The molecule has 0 saturated carbocycles. The molecule has 3 rings (SSSR count). The second kappa shape index (κ2) is 9.22. The Kier molecular flexibility index (Phi) is 6.47. The lowest BCUT2D eigenvalue weighted by atomic mass is 10.2. The molecule has 1 N–H and O–H groups in total. The summed E-state index contributed by atoms with van der Waals surface area (Å²) in [4.78, 5) is 14.5. The Morgan fingerprint density at radius 3 is 2.46 bits per heavy atom. The summed E-state index contributed by atoms with van der Waals surface area (Å²) >= 11 is 6.14. The molecule has 0 unspecified atom stereocenters. The fraction of sp³-hybridized carbons (Fsp3) is 0.190. The molecular weight excluding hydrogens is 348 g/mol. The van der Waals surface area contributed by atoms with Gasteiger partial charge in [-0.25, -0.2) is 0 Å². The van der Waals surface area contributed by atoms with Gasteiger partial charge in [0.1, 0.15) is 5.76 Å². The Bertz CT molecular complexity index is 819. The first-order valence-corrected chi connectivity index (χ1v) is 8.87. The maximum absolute atomic E-state index is 12.4. The minimum Gasteiger partial charge on any atom is -0.468 e. The van der Waals surface area contributed by atoms with Crippen LogP contribution in [0.3, 0.4) is 0 Å². The second-order valence-electron chi connectivity index (χ2n) is 6.08. The van der Waals surface area contributed by atoms with Crippen molar-refractivity contribution in [3.63, 3.8) is 0 Å². The first-order valence-electron chi connectivity index (χ1n) is 8.49. The lowest BCUT2D eigenvalue weighted by molar-refractivity contribution is -0.122. The maximum Gasteiger partial charge on any atom is 0.234 e. The van der Waals surface area contributed by atoms with E-state index in [2.05, 4.69) is 22.3 Å². The molecule has 5 heteroatoms. The lowest BCUT2D eigenvalue weighted by Crippen LogP contribution is -2.36. The predicted octanol–water partition coefficient (Wildman–Crippen LogP) is 4.25. The molecule has 134 valence electrons. The number of furan rings is 1. The van der Waals surface area contributed by atoms with Crippen LogP contribution in [-0.2, 0) is 24.4 Å². The number of nitrogens with one attached hydrogen (secondary N) is 1. The molecule has 26 heavy (non-hydrogen) atoms. The molecule has 0 radical (unpaired) electrons. The zero-order chi connectivity index (χ0) is 18.2. The van der Waals surface area contributed by atoms with E-state index in [1.807, 2.05) is 54.6 Å². The van der Waals surface area contributed by atoms with Crippen molar-refractivity contribution < 1.29 is 9.21 Å². The van der Waals surface area contributed by atoms with Crippen molar-refractivity contribution in [3.05, 3.63) is 94.9 Å². The summed E-state index contributed by atoms with van der Waals surface area (Å²) in [7, 11) is 0. The van der Waals surface area contributed by atoms with Crippen molar-refractivity contribution >= 4 is 17.5 Å². The molecule has 0 aliphatic carbocycles. The highest BCUT2D eigenvalue weighted by atomic mass is 35.5. The summed E-state index contributed by atoms with van der Waals surface area (Å²) in [6, 6.07) is 21.4. The van der Waals surface area contributed by atoms with Gasteiger partial charge in [-0.1, -0.05) is 60.1 Å². The molecule has 0 spiro atoms. The number of rotatable bonds is 8. The van der Waals surface area contributed by atoms with Gasteiger partial charge in [-0.2, -0.15) is 0 Å². The number of amides is 1. The molecule has 1 amide bonds. The van der Waals surface area contributed by atoms with Gasteiger partial charge < -0.3 is 9.73 Å². The zero-order valence-electron chi connectivity index (χ0n) is 14.4. The average molecular weight is 369 g/mol. The molecule has 3 aromatic rings. The third-order valence-corrected chi connectivity index (χ3v) is 4.38. The van der Waals surface area contributed by atoms with E-state index in [9.17, 15) is 4.79 Å². The third-order valence-electron chi connectivity index (χ3n) is 4.01. The molecule has 4 nitrogen and oxygen atoms in total. The molecular formula is C21H21ClN2O2. The van der Waals surface area contributed by atoms with Crippen LogP contribution in [-0.4, -0.2) is 17.4 Å². The highest BCUT2D eigenvalue weighted by molar-refractivity contribution is 6.31. The fourth-order valence-corrected chi connectivity index (χ4v) is 2.93. The van der Waals surface area contributed by atoms with Gasteiger partial charge in [-0.05, 0) is 29.3 Å². The first-order chi connectivity index (χ1) is 12.7. The van der Waals surface area contributed by atoms with Crippen LogP contribution in [0.25, 0.3) is 0 Å². The average Bonchev–Trinajstić information content (AvgIpc) is 3.15. The monoisotopic (exact) mass is 368 g/mol. The summed E-state index contributed by atoms with van der Waals surface area (Å²) < 4.78 is 5.44.